The third kappa shape index (κ3) is 20.2. The van der Waals surface area contributed by atoms with Gasteiger partial charge in [0.2, 0.25) is 8.80 Å². The van der Waals surface area contributed by atoms with E-state index in [-0.39, 0.29) is 65.5 Å². The van der Waals surface area contributed by atoms with Gasteiger partial charge in [0.25, 0.3) is 0 Å². The molecule has 0 radical (unpaired) electrons. The van der Waals surface area contributed by atoms with Gasteiger partial charge in [-0.3, -0.25) is 0 Å². The van der Waals surface area contributed by atoms with E-state index in [9.17, 15) is 17.8 Å². The Morgan fingerprint density at radius 2 is 1.62 bits per heavy atom. The van der Waals surface area contributed by atoms with Gasteiger partial charge < -0.3 is 18.9 Å². The Morgan fingerprint density at radius 1 is 1.23 bits per heavy atom. The van der Waals surface area contributed by atoms with Gasteiger partial charge in [-0.25, -0.2) is 8.42 Å². The molecule has 0 atom stereocenters. The van der Waals surface area contributed by atoms with Crippen molar-refractivity contribution in [1.82, 2.24) is 0 Å². The van der Waals surface area contributed by atoms with Crippen LogP contribution in [-0.2, 0) is 10.1 Å². The van der Waals surface area contributed by atoms with Crippen LogP contribution in [-0.4, -0.2) is 37.1 Å². The van der Waals surface area contributed by atoms with Crippen molar-refractivity contribution in [2.75, 3.05) is 5.75 Å². The first-order chi connectivity index (χ1) is 4.71. The van der Waals surface area contributed by atoms with Crippen LogP contribution in [0.2, 0.25) is 6.04 Å². The smallest absolute Gasteiger partial charge is 0.817 e. The molecule has 0 aromatic carbocycles. The van der Waals surface area contributed by atoms with Gasteiger partial charge in [0, 0.05) is 5.75 Å². The van der Waals surface area contributed by atoms with Crippen molar-refractivity contribution in [3.8, 4) is 0 Å². The maximum Gasteiger partial charge on any atom is 1.00 e. The minimum atomic E-state index is -4.41. The minimum Gasteiger partial charge on any atom is -0.817 e. The van der Waals surface area contributed by atoms with Crippen LogP contribution in [0.15, 0.2) is 0 Å². The molecule has 0 rings (SSSR count). The SMILES string of the molecule is O=S(=O)([O-])CCC[Si]([O-])(O)O.[Na+].[Na+]. The third-order valence-electron chi connectivity index (χ3n) is 0.897. The summed E-state index contributed by atoms with van der Waals surface area (Å²) in [6.45, 7) is 0. The van der Waals surface area contributed by atoms with Gasteiger partial charge in [-0.15, -0.1) is 0 Å². The quantitative estimate of drug-likeness (QED) is 0.375. The molecule has 0 unspecified atom stereocenters. The normalized spacial score (nSPS) is 11.4. The van der Waals surface area contributed by atoms with Gasteiger partial charge in [0.15, 0.2) is 0 Å². The first kappa shape index (κ1) is 20.4. The number of rotatable bonds is 4. The standard InChI is InChI=1S/C3H9O6SSi.2Na/c4-10(5,6)2-1-3-11(7,8)9;;/h7-8H,1-3H2,(H,4,5,6);;/q-1;2*+1/p-1. The van der Waals surface area contributed by atoms with E-state index in [4.69, 9.17) is 9.59 Å². The summed E-state index contributed by atoms with van der Waals surface area (Å²) >= 11 is 0. The van der Waals surface area contributed by atoms with Gasteiger partial charge in [-0.05, 0) is 12.5 Å². The van der Waals surface area contributed by atoms with E-state index < -0.39 is 30.7 Å². The molecule has 2 N–H and O–H groups in total. The molecule has 0 spiro atoms. The van der Waals surface area contributed by atoms with Crippen LogP contribution in [0.4, 0.5) is 0 Å². The van der Waals surface area contributed by atoms with Crippen molar-refractivity contribution in [2.24, 2.45) is 0 Å². The molecule has 0 saturated heterocycles. The third-order valence-corrected chi connectivity index (χ3v) is 2.69. The molecular weight excluding hydrogens is 238 g/mol. The molecule has 68 valence electrons. The zero-order valence-electron chi connectivity index (χ0n) is 7.56. The van der Waals surface area contributed by atoms with Crippen molar-refractivity contribution in [2.45, 2.75) is 12.5 Å². The van der Waals surface area contributed by atoms with Crippen molar-refractivity contribution >= 4 is 18.9 Å². The fourth-order valence-corrected chi connectivity index (χ4v) is 1.87. The van der Waals surface area contributed by atoms with Crippen LogP contribution in [0.25, 0.3) is 0 Å². The average Bonchev–Trinajstić information content (AvgIpc) is 1.55. The molecule has 0 heterocycles. The predicted octanol–water partition coefficient (Wildman–Crippen LogP) is -8.79. The molecule has 13 heavy (non-hydrogen) atoms. The molecule has 6 nitrogen and oxygen atoms in total. The summed E-state index contributed by atoms with van der Waals surface area (Å²) in [4.78, 5) is 26.7. The molecular formula is C3H8Na2O6SSi. The molecule has 0 aliphatic carbocycles. The zero-order chi connectivity index (χ0) is 9.12. The summed E-state index contributed by atoms with van der Waals surface area (Å²) in [6.07, 6.45) is -0.283. The van der Waals surface area contributed by atoms with Gasteiger partial charge in [-0.1, -0.05) is 0 Å². The fraction of sp³-hybridized carbons (Fsp3) is 1.00. The Bertz CT molecular complexity index is 210. The second-order valence-corrected chi connectivity index (χ2v) is 5.62. The van der Waals surface area contributed by atoms with Gasteiger partial charge in [0.05, 0.1) is 10.1 Å². The molecule has 0 aliphatic rings. The Morgan fingerprint density at radius 3 is 1.85 bits per heavy atom. The van der Waals surface area contributed by atoms with E-state index in [0.717, 1.165) is 0 Å². The second-order valence-electron chi connectivity index (χ2n) is 2.11. The van der Waals surface area contributed by atoms with Crippen LogP contribution >= 0.6 is 0 Å². The predicted molar refractivity (Wildman–Crippen MR) is 34.2 cm³/mol. The van der Waals surface area contributed by atoms with Crippen LogP contribution in [0.5, 0.6) is 0 Å². The maximum absolute atomic E-state index is 10.1. The summed E-state index contributed by atoms with van der Waals surface area (Å²) in [5.74, 6) is -0.717. The monoisotopic (exact) mass is 246 g/mol. The summed E-state index contributed by atoms with van der Waals surface area (Å²) in [7, 11) is -8.75. The molecule has 0 amide bonds. The largest absolute Gasteiger partial charge is 1.00 e. The summed E-state index contributed by atoms with van der Waals surface area (Å²) < 4.78 is 29.7. The van der Waals surface area contributed by atoms with Gasteiger partial charge in [-0.2, -0.15) is 0 Å². The van der Waals surface area contributed by atoms with E-state index in [2.05, 4.69) is 0 Å². The van der Waals surface area contributed by atoms with E-state index in [1.165, 1.54) is 0 Å². The van der Waals surface area contributed by atoms with Crippen molar-refractivity contribution in [3.05, 3.63) is 0 Å². The first-order valence-corrected chi connectivity index (χ1v) is 6.38. The second kappa shape index (κ2) is 8.19. The maximum atomic E-state index is 10.1. The zero-order valence-corrected chi connectivity index (χ0v) is 13.4. The van der Waals surface area contributed by atoms with E-state index in [1.54, 1.807) is 0 Å². The van der Waals surface area contributed by atoms with Gasteiger partial charge >= 0.3 is 59.1 Å². The molecule has 0 saturated carbocycles. The summed E-state index contributed by atoms with van der Waals surface area (Å²) in [6, 6.07) is -0.533. The first-order valence-electron chi connectivity index (χ1n) is 2.79. The van der Waals surface area contributed by atoms with Gasteiger partial charge in [0.1, 0.15) is 0 Å². The number of hydrogen-bond donors (Lipinski definition) is 2. The summed E-state index contributed by atoms with van der Waals surface area (Å²) in [5, 5.41) is 0. The van der Waals surface area contributed by atoms with Crippen molar-refractivity contribution in [3.63, 3.8) is 0 Å². The van der Waals surface area contributed by atoms with E-state index in [1.807, 2.05) is 0 Å². The fourth-order valence-electron chi connectivity index (χ4n) is 0.479. The Hall–Kier alpha value is 2.01. The molecule has 10 heteroatoms. The topological polar surface area (TPSA) is 121 Å². The van der Waals surface area contributed by atoms with Crippen molar-refractivity contribution < 1.29 is 86.5 Å². The molecule has 0 aromatic heterocycles. The van der Waals surface area contributed by atoms with E-state index >= 15 is 0 Å². The Labute approximate surface area is 122 Å². The Kier molecular flexibility index (Phi) is 12.9. The molecule has 0 fully saturated rings. The molecule has 0 aliphatic heterocycles. The van der Waals surface area contributed by atoms with Crippen LogP contribution in [0.1, 0.15) is 6.42 Å². The minimum absolute atomic E-state index is 0. The average molecular weight is 246 g/mol. The molecule has 0 aromatic rings. The van der Waals surface area contributed by atoms with Crippen LogP contribution < -0.4 is 63.9 Å². The van der Waals surface area contributed by atoms with Crippen LogP contribution in [0, 0.1) is 0 Å². The Balaban J connectivity index is -0.000000500. The summed E-state index contributed by atoms with van der Waals surface area (Å²) in [5.41, 5.74) is 0. The number of hydrogen-bond acceptors (Lipinski definition) is 6. The van der Waals surface area contributed by atoms with Crippen molar-refractivity contribution in [1.29, 1.82) is 0 Å². The molecule has 0 bridgehead atoms. The van der Waals surface area contributed by atoms with E-state index in [0.29, 0.717) is 0 Å². The van der Waals surface area contributed by atoms with Crippen LogP contribution in [0.3, 0.4) is 0 Å².